The number of hydrogen-bond donors (Lipinski definition) is 2. The van der Waals surface area contributed by atoms with Crippen molar-refractivity contribution in [2.24, 2.45) is 4.99 Å². The third kappa shape index (κ3) is 6.38. The Balaban J connectivity index is 0.00000243. The van der Waals surface area contributed by atoms with Gasteiger partial charge in [0.05, 0.1) is 0 Å². The molecule has 1 aliphatic rings. The molecule has 0 atom stereocenters. The minimum absolute atomic E-state index is 0. The van der Waals surface area contributed by atoms with E-state index in [1.165, 1.54) is 43.2 Å². The van der Waals surface area contributed by atoms with Gasteiger partial charge in [0.2, 0.25) is 0 Å². The highest BCUT2D eigenvalue weighted by molar-refractivity contribution is 5.85. The van der Waals surface area contributed by atoms with Gasteiger partial charge in [-0.15, -0.1) is 12.4 Å². The first-order chi connectivity index (χ1) is 12.4. The Morgan fingerprint density at radius 3 is 2.04 bits per heavy atom. The lowest BCUT2D eigenvalue weighted by Crippen LogP contribution is -2.40. The highest BCUT2D eigenvalue weighted by Crippen LogP contribution is 2.23. The second-order valence-electron chi connectivity index (χ2n) is 6.68. The lowest BCUT2D eigenvalue weighted by atomic mass is 9.91. The van der Waals surface area contributed by atoms with E-state index in [1.54, 1.807) is 0 Å². The minimum atomic E-state index is 0. The zero-order valence-electron chi connectivity index (χ0n) is 15.4. The SMILES string of the molecule is Cl.c1ccc(C(CN/C2=N/CCCCCCCN2)c2ccccc2)cc1. The molecule has 2 N–H and O–H groups in total. The van der Waals surface area contributed by atoms with Crippen LogP contribution in [0.1, 0.15) is 49.1 Å². The van der Waals surface area contributed by atoms with Gasteiger partial charge < -0.3 is 10.6 Å². The van der Waals surface area contributed by atoms with Crippen LogP contribution in [0.4, 0.5) is 0 Å². The van der Waals surface area contributed by atoms with E-state index in [4.69, 9.17) is 4.99 Å². The standard InChI is InChI=1S/C22H29N3.ClH/c1-2-10-16-23-22(24-17-11-3-1)25-18-21(19-12-6-4-7-13-19)20-14-8-5-9-15-20;/h4-9,12-15,21H,1-3,10-11,16-18H2,(H2,23,24,25);1H. The minimum Gasteiger partial charge on any atom is -0.356 e. The smallest absolute Gasteiger partial charge is 0.191 e. The van der Waals surface area contributed by atoms with E-state index in [-0.39, 0.29) is 12.4 Å². The van der Waals surface area contributed by atoms with Crippen LogP contribution in [0.25, 0.3) is 0 Å². The van der Waals surface area contributed by atoms with Crippen molar-refractivity contribution in [1.29, 1.82) is 0 Å². The van der Waals surface area contributed by atoms with E-state index in [2.05, 4.69) is 71.3 Å². The number of hydrogen-bond acceptors (Lipinski definition) is 3. The fourth-order valence-corrected chi connectivity index (χ4v) is 3.34. The molecule has 0 aliphatic carbocycles. The van der Waals surface area contributed by atoms with E-state index in [0.717, 1.165) is 25.6 Å². The maximum absolute atomic E-state index is 4.74. The Hall–Kier alpha value is -2.00. The molecule has 2 aromatic carbocycles. The number of nitrogens with zero attached hydrogens (tertiary/aromatic N) is 1. The molecule has 2 aromatic rings. The Labute approximate surface area is 163 Å². The predicted molar refractivity (Wildman–Crippen MR) is 113 cm³/mol. The molecule has 0 fully saturated rings. The molecule has 1 heterocycles. The molecule has 0 saturated carbocycles. The Morgan fingerprint density at radius 1 is 0.808 bits per heavy atom. The zero-order chi connectivity index (χ0) is 17.2. The fraction of sp³-hybridized carbons (Fsp3) is 0.409. The van der Waals surface area contributed by atoms with Crippen LogP contribution in [0.2, 0.25) is 0 Å². The third-order valence-corrected chi connectivity index (χ3v) is 4.77. The molecule has 0 spiro atoms. The van der Waals surface area contributed by atoms with Crippen LogP contribution < -0.4 is 10.6 Å². The normalized spacial score (nSPS) is 17.3. The number of aliphatic imine (C=N–C) groups is 1. The summed E-state index contributed by atoms with van der Waals surface area (Å²) in [6.07, 6.45) is 6.36. The number of rotatable bonds is 4. The molecule has 1 aliphatic heterocycles. The van der Waals surface area contributed by atoms with Crippen molar-refractivity contribution in [3.8, 4) is 0 Å². The van der Waals surface area contributed by atoms with Gasteiger partial charge in [-0.1, -0.05) is 79.9 Å². The van der Waals surface area contributed by atoms with Crippen LogP contribution in [0, 0.1) is 0 Å². The summed E-state index contributed by atoms with van der Waals surface area (Å²) in [5.74, 6) is 1.28. The van der Waals surface area contributed by atoms with Crippen LogP contribution in [-0.2, 0) is 0 Å². The zero-order valence-corrected chi connectivity index (χ0v) is 16.2. The lowest BCUT2D eigenvalue weighted by Gasteiger charge is -2.21. The summed E-state index contributed by atoms with van der Waals surface area (Å²) in [7, 11) is 0. The maximum Gasteiger partial charge on any atom is 0.191 e. The molecular weight excluding hydrogens is 342 g/mol. The van der Waals surface area contributed by atoms with Crippen molar-refractivity contribution in [2.45, 2.75) is 38.0 Å². The van der Waals surface area contributed by atoms with Gasteiger partial charge in [0.1, 0.15) is 0 Å². The average Bonchev–Trinajstić information content (AvgIpc) is 2.68. The Kier molecular flexibility index (Phi) is 9.05. The van der Waals surface area contributed by atoms with Crippen molar-refractivity contribution >= 4 is 18.4 Å². The summed E-state index contributed by atoms with van der Waals surface area (Å²) in [5, 5.41) is 7.06. The summed E-state index contributed by atoms with van der Waals surface area (Å²) < 4.78 is 0. The molecule has 26 heavy (non-hydrogen) atoms. The first kappa shape index (κ1) is 20.3. The van der Waals surface area contributed by atoms with E-state index in [0.29, 0.717) is 5.92 Å². The highest BCUT2D eigenvalue weighted by atomic mass is 35.5. The van der Waals surface area contributed by atoms with Crippen LogP contribution in [-0.4, -0.2) is 25.6 Å². The lowest BCUT2D eigenvalue weighted by molar-refractivity contribution is 0.594. The molecule has 140 valence electrons. The summed E-state index contributed by atoms with van der Waals surface area (Å²) in [5.41, 5.74) is 2.67. The number of guanidine groups is 1. The first-order valence-electron chi connectivity index (χ1n) is 9.55. The van der Waals surface area contributed by atoms with Gasteiger partial charge in [-0.25, -0.2) is 0 Å². The van der Waals surface area contributed by atoms with Crippen LogP contribution in [0.5, 0.6) is 0 Å². The number of benzene rings is 2. The summed E-state index contributed by atoms with van der Waals surface area (Å²) in [6.45, 7) is 2.77. The monoisotopic (exact) mass is 371 g/mol. The van der Waals surface area contributed by atoms with Gasteiger partial charge in [0, 0.05) is 25.6 Å². The first-order valence-corrected chi connectivity index (χ1v) is 9.55. The van der Waals surface area contributed by atoms with E-state index < -0.39 is 0 Å². The van der Waals surface area contributed by atoms with Gasteiger partial charge in [-0.3, -0.25) is 4.99 Å². The van der Waals surface area contributed by atoms with Gasteiger partial charge in [-0.2, -0.15) is 0 Å². The van der Waals surface area contributed by atoms with Crippen molar-refractivity contribution in [3.63, 3.8) is 0 Å². The molecule has 0 aromatic heterocycles. The van der Waals surface area contributed by atoms with Crippen molar-refractivity contribution in [2.75, 3.05) is 19.6 Å². The second-order valence-corrected chi connectivity index (χ2v) is 6.68. The molecule has 4 heteroatoms. The molecule has 0 radical (unpaired) electrons. The van der Waals surface area contributed by atoms with Crippen molar-refractivity contribution in [1.82, 2.24) is 10.6 Å². The summed E-state index contributed by atoms with van der Waals surface area (Å²) in [4.78, 5) is 4.74. The van der Waals surface area contributed by atoms with Crippen LogP contribution in [0.3, 0.4) is 0 Å². The predicted octanol–water partition coefficient (Wildman–Crippen LogP) is 4.74. The second kappa shape index (κ2) is 11.6. The molecular formula is C22H30ClN3. The van der Waals surface area contributed by atoms with E-state index >= 15 is 0 Å². The molecule has 3 rings (SSSR count). The van der Waals surface area contributed by atoms with Crippen LogP contribution >= 0.6 is 12.4 Å². The van der Waals surface area contributed by atoms with Gasteiger partial charge >= 0.3 is 0 Å². The van der Waals surface area contributed by atoms with E-state index in [9.17, 15) is 0 Å². The van der Waals surface area contributed by atoms with Gasteiger partial charge in [0.25, 0.3) is 0 Å². The van der Waals surface area contributed by atoms with E-state index in [1.807, 2.05) is 0 Å². The topological polar surface area (TPSA) is 36.4 Å². The highest BCUT2D eigenvalue weighted by Gasteiger charge is 2.14. The third-order valence-electron chi connectivity index (χ3n) is 4.77. The van der Waals surface area contributed by atoms with Crippen molar-refractivity contribution in [3.05, 3.63) is 71.8 Å². The van der Waals surface area contributed by atoms with Crippen molar-refractivity contribution < 1.29 is 0 Å². The Bertz CT molecular complexity index is 603. The molecule has 0 amide bonds. The largest absolute Gasteiger partial charge is 0.356 e. The molecule has 3 nitrogen and oxygen atoms in total. The summed E-state index contributed by atoms with van der Waals surface area (Å²) in [6, 6.07) is 21.5. The molecule has 0 unspecified atom stereocenters. The number of nitrogens with one attached hydrogen (secondary N) is 2. The molecule has 0 bridgehead atoms. The summed E-state index contributed by atoms with van der Waals surface area (Å²) >= 11 is 0. The quantitative estimate of drug-likeness (QED) is 0.814. The van der Waals surface area contributed by atoms with Gasteiger partial charge in [0.15, 0.2) is 5.96 Å². The van der Waals surface area contributed by atoms with Crippen LogP contribution in [0.15, 0.2) is 65.7 Å². The number of halogens is 1. The van der Waals surface area contributed by atoms with Gasteiger partial charge in [-0.05, 0) is 24.0 Å². The fourth-order valence-electron chi connectivity index (χ4n) is 3.34. The maximum atomic E-state index is 4.74. The average molecular weight is 372 g/mol. The molecule has 0 saturated heterocycles. The Morgan fingerprint density at radius 2 is 1.38 bits per heavy atom.